The summed E-state index contributed by atoms with van der Waals surface area (Å²) in [5, 5.41) is 0.880. The van der Waals surface area contributed by atoms with Gasteiger partial charge in [0.1, 0.15) is 16.6 Å². The molecular formula is C9H11Cl2N3. The first-order valence-electron chi connectivity index (χ1n) is 4.56. The zero-order valence-electron chi connectivity index (χ0n) is 7.63. The van der Waals surface area contributed by atoms with Crippen LogP contribution in [0.5, 0.6) is 0 Å². The molecule has 5 heteroatoms. The first-order chi connectivity index (χ1) is 6.69. The van der Waals surface area contributed by atoms with Crippen molar-refractivity contribution in [3.63, 3.8) is 0 Å². The van der Waals surface area contributed by atoms with Crippen LogP contribution in [-0.2, 0) is 5.41 Å². The third-order valence-electron chi connectivity index (χ3n) is 2.99. The van der Waals surface area contributed by atoms with Crippen molar-refractivity contribution in [2.45, 2.75) is 24.7 Å². The molecule has 0 radical (unpaired) electrons. The van der Waals surface area contributed by atoms with E-state index < -0.39 is 0 Å². The van der Waals surface area contributed by atoms with Gasteiger partial charge in [-0.05, 0) is 12.8 Å². The van der Waals surface area contributed by atoms with Gasteiger partial charge in [-0.3, -0.25) is 0 Å². The third kappa shape index (κ3) is 1.40. The van der Waals surface area contributed by atoms with Gasteiger partial charge in [0.2, 0.25) is 0 Å². The van der Waals surface area contributed by atoms with E-state index in [1.165, 1.54) is 12.7 Å². The Kier molecular flexibility index (Phi) is 2.64. The van der Waals surface area contributed by atoms with Crippen LogP contribution in [0.4, 0.5) is 0 Å². The maximum absolute atomic E-state index is 6.01. The summed E-state index contributed by atoms with van der Waals surface area (Å²) in [5.41, 5.74) is 6.52. The average molecular weight is 232 g/mol. The van der Waals surface area contributed by atoms with Crippen LogP contribution in [0.1, 0.15) is 24.8 Å². The van der Waals surface area contributed by atoms with E-state index in [1.807, 2.05) is 0 Å². The molecule has 0 spiro atoms. The van der Waals surface area contributed by atoms with E-state index in [1.54, 1.807) is 0 Å². The van der Waals surface area contributed by atoms with Crippen molar-refractivity contribution in [3.8, 4) is 0 Å². The molecule has 0 unspecified atom stereocenters. The minimum Gasteiger partial charge on any atom is -0.330 e. The summed E-state index contributed by atoms with van der Waals surface area (Å²) in [5.74, 6) is 0. The Bertz CT molecular complexity index is 324. The number of hydrogen-bond donors (Lipinski definition) is 1. The monoisotopic (exact) mass is 231 g/mol. The molecule has 1 heterocycles. The highest BCUT2D eigenvalue weighted by Gasteiger charge is 2.41. The molecule has 1 fully saturated rings. The highest BCUT2D eigenvalue weighted by Crippen LogP contribution is 2.46. The van der Waals surface area contributed by atoms with E-state index in [9.17, 15) is 0 Å². The topological polar surface area (TPSA) is 51.8 Å². The van der Waals surface area contributed by atoms with Gasteiger partial charge in [-0.2, -0.15) is 0 Å². The first kappa shape index (κ1) is 10.1. The predicted molar refractivity (Wildman–Crippen MR) is 56.6 cm³/mol. The Balaban J connectivity index is 2.49. The molecule has 1 saturated carbocycles. The summed E-state index contributed by atoms with van der Waals surface area (Å²) in [6.07, 6.45) is 4.59. The lowest BCUT2D eigenvalue weighted by atomic mass is 9.65. The normalized spacial score (nSPS) is 19.1. The van der Waals surface area contributed by atoms with Crippen LogP contribution in [0.25, 0.3) is 0 Å². The van der Waals surface area contributed by atoms with E-state index in [2.05, 4.69) is 9.97 Å². The smallest absolute Gasteiger partial charge is 0.137 e. The maximum Gasteiger partial charge on any atom is 0.137 e. The summed E-state index contributed by atoms with van der Waals surface area (Å²) >= 11 is 12.0. The van der Waals surface area contributed by atoms with Crippen molar-refractivity contribution in [3.05, 3.63) is 22.2 Å². The molecule has 76 valence electrons. The van der Waals surface area contributed by atoms with Gasteiger partial charge in [0, 0.05) is 17.5 Å². The van der Waals surface area contributed by atoms with Crippen molar-refractivity contribution in [1.82, 2.24) is 9.97 Å². The Morgan fingerprint density at radius 3 is 2.21 bits per heavy atom. The molecule has 0 atom stereocenters. The van der Waals surface area contributed by atoms with Gasteiger partial charge >= 0.3 is 0 Å². The van der Waals surface area contributed by atoms with Gasteiger partial charge in [0.05, 0.1) is 0 Å². The molecule has 1 aliphatic carbocycles. The largest absolute Gasteiger partial charge is 0.330 e. The Morgan fingerprint density at radius 1 is 1.29 bits per heavy atom. The van der Waals surface area contributed by atoms with Gasteiger partial charge in [0.25, 0.3) is 0 Å². The molecule has 0 aliphatic heterocycles. The second-order valence-corrected chi connectivity index (χ2v) is 4.38. The molecule has 0 saturated heterocycles. The van der Waals surface area contributed by atoms with Crippen LogP contribution in [0, 0.1) is 0 Å². The molecule has 0 amide bonds. The van der Waals surface area contributed by atoms with Gasteiger partial charge in [-0.25, -0.2) is 9.97 Å². The molecule has 14 heavy (non-hydrogen) atoms. The number of aromatic nitrogens is 2. The quantitative estimate of drug-likeness (QED) is 0.795. The third-order valence-corrected chi connectivity index (χ3v) is 3.56. The SMILES string of the molecule is NCC1(c2c(Cl)ncnc2Cl)CCC1. The number of nitrogens with zero attached hydrogens (tertiary/aromatic N) is 2. The lowest BCUT2D eigenvalue weighted by Crippen LogP contribution is -2.42. The van der Waals surface area contributed by atoms with Crippen molar-refractivity contribution >= 4 is 23.2 Å². The Labute approximate surface area is 92.6 Å². The fourth-order valence-electron chi connectivity index (χ4n) is 1.94. The number of rotatable bonds is 2. The number of nitrogens with two attached hydrogens (primary N) is 1. The van der Waals surface area contributed by atoms with Crippen molar-refractivity contribution < 1.29 is 0 Å². The van der Waals surface area contributed by atoms with Gasteiger partial charge in [-0.1, -0.05) is 29.6 Å². The molecule has 1 aromatic rings. The minimum absolute atomic E-state index is 0.0740. The molecule has 3 nitrogen and oxygen atoms in total. The van der Waals surface area contributed by atoms with Crippen LogP contribution < -0.4 is 5.73 Å². The molecule has 0 bridgehead atoms. The predicted octanol–water partition coefficient (Wildman–Crippen LogP) is 2.16. The standard InChI is InChI=1S/C9H11Cl2N3/c10-7-6(8(11)14-5-13-7)9(4-12)2-1-3-9/h5H,1-4,12H2. The molecule has 2 N–H and O–H groups in total. The van der Waals surface area contributed by atoms with Crippen molar-refractivity contribution in [2.24, 2.45) is 5.73 Å². The minimum atomic E-state index is -0.0740. The molecule has 2 rings (SSSR count). The Hall–Kier alpha value is -0.380. The number of hydrogen-bond acceptors (Lipinski definition) is 3. The van der Waals surface area contributed by atoms with E-state index in [4.69, 9.17) is 28.9 Å². The zero-order valence-corrected chi connectivity index (χ0v) is 9.15. The average Bonchev–Trinajstić information content (AvgIpc) is 2.08. The van der Waals surface area contributed by atoms with Crippen LogP contribution in [0.2, 0.25) is 10.3 Å². The highest BCUT2D eigenvalue weighted by molar-refractivity contribution is 6.34. The lowest BCUT2D eigenvalue weighted by molar-refractivity contribution is 0.252. The highest BCUT2D eigenvalue weighted by atomic mass is 35.5. The first-order valence-corrected chi connectivity index (χ1v) is 5.32. The van der Waals surface area contributed by atoms with E-state index >= 15 is 0 Å². The summed E-state index contributed by atoms with van der Waals surface area (Å²) in [6.45, 7) is 0.555. The Morgan fingerprint density at radius 2 is 1.86 bits per heavy atom. The van der Waals surface area contributed by atoms with Crippen LogP contribution in [-0.4, -0.2) is 16.5 Å². The van der Waals surface area contributed by atoms with Gasteiger partial charge in [0.15, 0.2) is 0 Å². The maximum atomic E-state index is 6.01. The summed E-state index contributed by atoms with van der Waals surface area (Å²) < 4.78 is 0. The number of halogens is 2. The van der Waals surface area contributed by atoms with Crippen LogP contribution in [0.3, 0.4) is 0 Å². The summed E-state index contributed by atoms with van der Waals surface area (Å²) in [7, 11) is 0. The van der Waals surface area contributed by atoms with E-state index in [0.717, 1.165) is 18.4 Å². The fourth-order valence-corrected chi connectivity index (χ4v) is 2.66. The molecular weight excluding hydrogens is 221 g/mol. The zero-order chi connectivity index (χ0) is 10.2. The van der Waals surface area contributed by atoms with E-state index in [-0.39, 0.29) is 5.41 Å². The van der Waals surface area contributed by atoms with Gasteiger partial charge < -0.3 is 5.73 Å². The van der Waals surface area contributed by atoms with E-state index in [0.29, 0.717) is 16.9 Å². The fraction of sp³-hybridized carbons (Fsp3) is 0.556. The van der Waals surface area contributed by atoms with Gasteiger partial charge in [-0.15, -0.1) is 0 Å². The van der Waals surface area contributed by atoms with Crippen LogP contribution in [0.15, 0.2) is 6.33 Å². The van der Waals surface area contributed by atoms with Crippen molar-refractivity contribution in [2.75, 3.05) is 6.54 Å². The second kappa shape index (κ2) is 3.65. The summed E-state index contributed by atoms with van der Waals surface area (Å²) in [4.78, 5) is 7.90. The lowest BCUT2D eigenvalue weighted by Gasteiger charge is -2.41. The molecule has 1 aromatic heterocycles. The van der Waals surface area contributed by atoms with Crippen molar-refractivity contribution in [1.29, 1.82) is 0 Å². The molecule has 1 aliphatic rings. The van der Waals surface area contributed by atoms with Crippen LogP contribution >= 0.6 is 23.2 Å². The summed E-state index contributed by atoms with van der Waals surface area (Å²) in [6, 6.07) is 0. The molecule has 0 aromatic carbocycles. The second-order valence-electron chi connectivity index (χ2n) is 3.67.